The van der Waals surface area contributed by atoms with Crippen molar-refractivity contribution in [3.8, 4) is 5.75 Å². The van der Waals surface area contributed by atoms with Gasteiger partial charge in [0.2, 0.25) is 6.20 Å². The summed E-state index contributed by atoms with van der Waals surface area (Å²) in [6.45, 7) is 0.725. The van der Waals surface area contributed by atoms with Crippen molar-refractivity contribution in [2.45, 2.75) is 37.9 Å². The molecule has 1 N–H and O–H groups in total. The lowest BCUT2D eigenvalue weighted by atomic mass is 9.92. The molecule has 0 unspecified atom stereocenters. The quantitative estimate of drug-likeness (QED) is 0.664. The van der Waals surface area contributed by atoms with E-state index in [9.17, 15) is 14.0 Å². The van der Waals surface area contributed by atoms with Crippen LogP contribution in [0, 0.1) is 0 Å². The fourth-order valence-electron chi connectivity index (χ4n) is 1.87. The van der Waals surface area contributed by atoms with E-state index >= 15 is 0 Å². The molecular formula is C12H16F2NO3+. The Kier molecular flexibility index (Phi) is 3.38. The number of methoxy groups -OCH3 is 1. The second-order valence-corrected chi connectivity index (χ2v) is 4.55. The second kappa shape index (κ2) is 4.68. The molecule has 2 rings (SSSR count). The summed E-state index contributed by atoms with van der Waals surface area (Å²) in [5, 5.41) is 9.32. The third-order valence-electron chi connectivity index (χ3n) is 3.04. The van der Waals surface area contributed by atoms with Gasteiger partial charge in [-0.25, -0.2) is 0 Å². The lowest BCUT2D eigenvalue weighted by molar-refractivity contribution is -0.913. The van der Waals surface area contributed by atoms with Crippen molar-refractivity contribution in [1.29, 1.82) is 0 Å². The van der Waals surface area contributed by atoms with E-state index < -0.39 is 11.6 Å². The first kappa shape index (κ1) is 13.0. The van der Waals surface area contributed by atoms with E-state index in [1.54, 1.807) is 7.11 Å². The van der Waals surface area contributed by atoms with E-state index in [2.05, 4.69) is 0 Å². The van der Waals surface area contributed by atoms with Gasteiger partial charge in [-0.05, 0) is 0 Å². The third-order valence-corrected chi connectivity index (χ3v) is 3.04. The fourth-order valence-corrected chi connectivity index (χ4v) is 1.87. The van der Waals surface area contributed by atoms with Gasteiger partial charge in [0.05, 0.1) is 12.2 Å². The Morgan fingerprint density at radius 1 is 1.39 bits per heavy atom. The van der Waals surface area contributed by atoms with Crippen molar-refractivity contribution in [3.05, 3.63) is 24.0 Å². The normalized spacial score (nSPS) is 23.6. The number of alkyl halides is 2. The van der Waals surface area contributed by atoms with Gasteiger partial charge in [0.25, 0.3) is 0 Å². The van der Waals surface area contributed by atoms with Crippen LogP contribution in [-0.4, -0.2) is 24.5 Å². The Bertz CT molecular complexity index is 428. The van der Waals surface area contributed by atoms with E-state index in [1.807, 2.05) is 0 Å². The topological polar surface area (TPSA) is 42.6 Å². The summed E-state index contributed by atoms with van der Waals surface area (Å²) in [6.07, 6.45) is 2.83. The highest BCUT2D eigenvalue weighted by Gasteiger charge is 2.37. The van der Waals surface area contributed by atoms with Crippen molar-refractivity contribution < 1.29 is 28.2 Å². The summed E-state index contributed by atoms with van der Waals surface area (Å²) in [6, 6.07) is 2.61. The zero-order valence-electron chi connectivity index (χ0n) is 10.3. The Labute approximate surface area is 104 Å². The first-order valence-corrected chi connectivity index (χ1v) is 5.73. The number of rotatable bonds is 4. The Balaban J connectivity index is 2.06. The molecule has 1 heterocycles. The van der Waals surface area contributed by atoms with Crippen molar-refractivity contribution in [2.75, 3.05) is 7.11 Å². The molecule has 0 saturated heterocycles. The fraction of sp³-hybridized carbons (Fsp3) is 0.583. The van der Waals surface area contributed by atoms with E-state index in [0.717, 1.165) is 32.0 Å². The molecule has 1 saturated carbocycles. The number of aromatic nitrogens is 1. The first-order chi connectivity index (χ1) is 8.40. The summed E-state index contributed by atoms with van der Waals surface area (Å²) in [7, 11) is 1.63. The molecule has 0 aliphatic heterocycles. The number of nitrogens with zero attached hydrogens (tertiary/aromatic N) is 1. The highest BCUT2D eigenvalue weighted by molar-refractivity contribution is 5.22. The van der Waals surface area contributed by atoms with E-state index in [4.69, 9.17) is 9.47 Å². The molecule has 0 atom stereocenters. The predicted octanol–water partition coefficient (Wildman–Crippen LogP) is 1.88. The van der Waals surface area contributed by atoms with Crippen LogP contribution in [0.1, 0.15) is 25.5 Å². The van der Waals surface area contributed by atoms with Crippen LogP contribution in [0.15, 0.2) is 18.3 Å². The number of hydrogen-bond donors (Lipinski definition) is 1. The van der Waals surface area contributed by atoms with Crippen molar-refractivity contribution in [1.82, 2.24) is 0 Å². The zero-order valence-corrected chi connectivity index (χ0v) is 10.3. The molecule has 1 fully saturated rings. The van der Waals surface area contributed by atoms with Crippen LogP contribution in [0.25, 0.3) is 0 Å². The molecule has 0 spiro atoms. The minimum atomic E-state index is -3.12. The zero-order chi connectivity index (χ0) is 13.3. The van der Waals surface area contributed by atoms with Gasteiger partial charge in [-0.15, -0.1) is 0 Å². The number of pyridine rings is 1. The van der Waals surface area contributed by atoms with Crippen molar-refractivity contribution in [2.24, 2.45) is 0 Å². The largest absolute Gasteiger partial charge is 0.490 e. The molecular weight excluding hydrogens is 244 g/mol. The van der Waals surface area contributed by atoms with Gasteiger partial charge in [-0.3, -0.25) is 5.21 Å². The highest BCUT2D eigenvalue weighted by atomic mass is 19.3. The van der Waals surface area contributed by atoms with Crippen LogP contribution in [0.2, 0.25) is 0 Å². The van der Waals surface area contributed by atoms with Crippen molar-refractivity contribution >= 4 is 0 Å². The van der Waals surface area contributed by atoms with Crippen LogP contribution in [0.5, 0.6) is 5.75 Å². The van der Waals surface area contributed by atoms with Gasteiger partial charge >= 0.3 is 11.6 Å². The molecule has 0 radical (unpaired) electrons. The second-order valence-electron chi connectivity index (χ2n) is 4.55. The molecule has 6 heteroatoms. The van der Waals surface area contributed by atoms with Crippen LogP contribution in [0.4, 0.5) is 8.78 Å². The molecule has 4 nitrogen and oxygen atoms in total. The standard InChI is InChI=1S/C12H16F2NO3/c1-12(13,14)11-7-8(3-4-15(11)16)18-10-5-9(6-10)17-2/h3-4,7,9-10,16H,5-6H2,1-2H3/q+1. The summed E-state index contributed by atoms with van der Waals surface area (Å²) in [5.41, 5.74) is -0.498. The van der Waals surface area contributed by atoms with Crippen molar-refractivity contribution in [3.63, 3.8) is 0 Å². The molecule has 0 aromatic carbocycles. The van der Waals surface area contributed by atoms with Gasteiger partial charge in [-0.1, -0.05) is 0 Å². The predicted molar refractivity (Wildman–Crippen MR) is 57.8 cm³/mol. The van der Waals surface area contributed by atoms with E-state index in [0.29, 0.717) is 10.5 Å². The molecule has 1 aromatic rings. The molecule has 0 amide bonds. The van der Waals surface area contributed by atoms with Gasteiger partial charge < -0.3 is 9.47 Å². The van der Waals surface area contributed by atoms with Crippen LogP contribution in [-0.2, 0) is 10.7 Å². The maximum absolute atomic E-state index is 13.2. The molecule has 100 valence electrons. The maximum Gasteiger partial charge on any atom is 0.332 e. The monoisotopic (exact) mass is 260 g/mol. The van der Waals surface area contributed by atoms with E-state index in [-0.39, 0.29) is 12.2 Å². The molecule has 1 aromatic heterocycles. The van der Waals surface area contributed by atoms with Crippen LogP contribution in [0.3, 0.4) is 0 Å². The summed E-state index contributed by atoms with van der Waals surface area (Å²) in [4.78, 5) is 0. The number of hydrogen-bond acceptors (Lipinski definition) is 3. The van der Waals surface area contributed by atoms with Crippen LogP contribution >= 0.6 is 0 Å². The third kappa shape index (κ3) is 2.69. The van der Waals surface area contributed by atoms with Gasteiger partial charge in [0, 0.05) is 37.7 Å². The molecule has 0 bridgehead atoms. The lowest BCUT2D eigenvalue weighted by Gasteiger charge is -2.34. The molecule has 1 aliphatic rings. The number of ether oxygens (including phenoxy) is 2. The average molecular weight is 260 g/mol. The summed E-state index contributed by atoms with van der Waals surface area (Å²) >= 11 is 0. The lowest BCUT2D eigenvalue weighted by Crippen LogP contribution is -2.41. The van der Waals surface area contributed by atoms with E-state index in [1.165, 1.54) is 6.07 Å². The molecule has 18 heavy (non-hydrogen) atoms. The minimum absolute atomic E-state index is 0.0113. The summed E-state index contributed by atoms with van der Waals surface area (Å²) in [5.74, 6) is -2.79. The Morgan fingerprint density at radius 3 is 2.61 bits per heavy atom. The minimum Gasteiger partial charge on any atom is -0.490 e. The Morgan fingerprint density at radius 2 is 2.06 bits per heavy atom. The van der Waals surface area contributed by atoms with Crippen LogP contribution < -0.4 is 9.47 Å². The van der Waals surface area contributed by atoms with Gasteiger partial charge in [-0.2, -0.15) is 8.78 Å². The smallest absolute Gasteiger partial charge is 0.332 e. The Hall–Kier alpha value is -1.43. The highest BCUT2D eigenvalue weighted by Crippen LogP contribution is 2.30. The number of halogens is 2. The maximum atomic E-state index is 13.2. The van der Waals surface area contributed by atoms with Gasteiger partial charge in [0.1, 0.15) is 11.9 Å². The molecule has 1 aliphatic carbocycles. The first-order valence-electron chi connectivity index (χ1n) is 5.73. The van der Waals surface area contributed by atoms with Gasteiger partial charge in [0.15, 0.2) is 0 Å². The summed E-state index contributed by atoms with van der Waals surface area (Å²) < 4.78 is 37.4. The average Bonchev–Trinajstić information content (AvgIpc) is 2.23. The SMILES string of the molecule is COC1CC(Oc2cc[n+](O)c(C(C)(F)F)c2)C1.